The summed E-state index contributed by atoms with van der Waals surface area (Å²) in [6, 6.07) is 6.22. The van der Waals surface area contributed by atoms with Crippen LogP contribution in [0.1, 0.15) is 36.1 Å². The zero-order valence-corrected chi connectivity index (χ0v) is 11.7. The molecule has 0 radical (unpaired) electrons. The first-order chi connectivity index (χ1) is 9.61. The molecule has 0 amide bonds. The van der Waals surface area contributed by atoms with E-state index in [2.05, 4.69) is 17.2 Å². The zero-order chi connectivity index (χ0) is 14.5. The summed E-state index contributed by atoms with van der Waals surface area (Å²) in [7, 11) is 0. The molecular formula is C16H18F2N2. The lowest BCUT2D eigenvalue weighted by Crippen LogP contribution is -2.23. The lowest BCUT2D eigenvalue weighted by Gasteiger charge is -2.20. The molecule has 1 atom stereocenters. The summed E-state index contributed by atoms with van der Waals surface area (Å²) in [5.74, 6) is -0.606. The standard InChI is InChI=1S/C16H18F2N2/c1-3-6-20-16(13-8-14(17)10-19-9-13)12-4-5-15(18)11(2)7-12/h4-5,7-10,16,20H,3,6H2,1-2H3. The molecule has 0 saturated heterocycles. The van der Waals surface area contributed by atoms with Gasteiger partial charge in [0.25, 0.3) is 0 Å². The van der Waals surface area contributed by atoms with E-state index in [1.165, 1.54) is 18.3 Å². The molecule has 0 bridgehead atoms. The van der Waals surface area contributed by atoms with Crippen molar-refractivity contribution in [3.63, 3.8) is 0 Å². The van der Waals surface area contributed by atoms with Gasteiger partial charge in [-0.2, -0.15) is 0 Å². The normalized spacial score (nSPS) is 12.4. The van der Waals surface area contributed by atoms with Crippen molar-refractivity contribution < 1.29 is 8.78 Å². The molecule has 4 heteroatoms. The molecule has 1 aromatic carbocycles. The highest BCUT2D eigenvalue weighted by atomic mass is 19.1. The maximum absolute atomic E-state index is 13.4. The Morgan fingerprint density at radius 3 is 2.60 bits per heavy atom. The summed E-state index contributed by atoms with van der Waals surface area (Å²) in [4.78, 5) is 3.89. The molecule has 0 fully saturated rings. The van der Waals surface area contributed by atoms with Crippen LogP contribution in [-0.4, -0.2) is 11.5 Å². The Labute approximate surface area is 117 Å². The Bertz CT molecular complexity index is 584. The third-order valence-electron chi connectivity index (χ3n) is 3.17. The van der Waals surface area contributed by atoms with Crippen LogP contribution >= 0.6 is 0 Å². The van der Waals surface area contributed by atoms with E-state index in [0.29, 0.717) is 5.56 Å². The van der Waals surface area contributed by atoms with E-state index in [1.807, 2.05) is 0 Å². The van der Waals surface area contributed by atoms with Gasteiger partial charge in [0.15, 0.2) is 0 Å². The van der Waals surface area contributed by atoms with Gasteiger partial charge in [-0.1, -0.05) is 19.1 Å². The molecule has 1 N–H and O–H groups in total. The SMILES string of the molecule is CCCNC(c1cncc(F)c1)c1ccc(F)c(C)c1. The lowest BCUT2D eigenvalue weighted by molar-refractivity contribution is 0.576. The van der Waals surface area contributed by atoms with E-state index < -0.39 is 0 Å². The summed E-state index contributed by atoms with van der Waals surface area (Å²) >= 11 is 0. The Morgan fingerprint density at radius 1 is 1.15 bits per heavy atom. The number of hydrogen-bond acceptors (Lipinski definition) is 2. The maximum atomic E-state index is 13.4. The van der Waals surface area contributed by atoms with E-state index in [0.717, 1.165) is 24.1 Å². The van der Waals surface area contributed by atoms with Gasteiger partial charge in [-0.25, -0.2) is 8.78 Å². The Kier molecular flexibility index (Phi) is 4.79. The Hall–Kier alpha value is -1.81. The average Bonchev–Trinajstić information content (AvgIpc) is 2.43. The van der Waals surface area contributed by atoms with Crippen LogP contribution in [0.3, 0.4) is 0 Å². The van der Waals surface area contributed by atoms with Gasteiger partial charge < -0.3 is 5.32 Å². The number of nitrogens with zero attached hydrogens (tertiary/aromatic N) is 1. The number of halogens is 2. The topological polar surface area (TPSA) is 24.9 Å². The quantitative estimate of drug-likeness (QED) is 0.899. The van der Waals surface area contributed by atoms with E-state index >= 15 is 0 Å². The number of nitrogens with one attached hydrogen (secondary N) is 1. The first kappa shape index (κ1) is 14.6. The molecule has 106 valence electrons. The van der Waals surface area contributed by atoms with Crippen LogP contribution in [0.15, 0.2) is 36.7 Å². The molecule has 2 aromatic rings. The maximum Gasteiger partial charge on any atom is 0.141 e. The summed E-state index contributed by atoms with van der Waals surface area (Å²) < 4.78 is 26.7. The van der Waals surface area contributed by atoms with E-state index in [-0.39, 0.29) is 17.7 Å². The van der Waals surface area contributed by atoms with Gasteiger partial charge >= 0.3 is 0 Å². The first-order valence-electron chi connectivity index (χ1n) is 6.71. The van der Waals surface area contributed by atoms with Crippen LogP contribution < -0.4 is 5.32 Å². The van der Waals surface area contributed by atoms with Crippen molar-refractivity contribution in [1.29, 1.82) is 0 Å². The Balaban J connectivity index is 2.38. The minimum Gasteiger partial charge on any atom is -0.306 e. The molecule has 0 aliphatic rings. The number of hydrogen-bond donors (Lipinski definition) is 1. The molecule has 0 spiro atoms. The van der Waals surface area contributed by atoms with Crippen LogP contribution in [0.5, 0.6) is 0 Å². The number of aromatic nitrogens is 1. The highest BCUT2D eigenvalue weighted by Crippen LogP contribution is 2.23. The fourth-order valence-electron chi connectivity index (χ4n) is 2.15. The van der Waals surface area contributed by atoms with Gasteiger partial charge in [0.05, 0.1) is 12.2 Å². The second-order valence-corrected chi connectivity index (χ2v) is 4.83. The van der Waals surface area contributed by atoms with Crippen LogP contribution in [0, 0.1) is 18.6 Å². The largest absolute Gasteiger partial charge is 0.306 e. The monoisotopic (exact) mass is 276 g/mol. The van der Waals surface area contributed by atoms with Crippen molar-refractivity contribution in [1.82, 2.24) is 10.3 Å². The van der Waals surface area contributed by atoms with E-state index in [9.17, 15) is 8.78 Å². The van der Waals surface area contributed by atoms with E-state index in [1.54, 1.807) is 25.3 Å². The predicted molar refractivity (Wildman–Crippen MR) is 75.5 cm³/mol. The van der Waals surface area contributed by atoms with Crippen LogP contribution in [0.25, 0.3) is 0 Å². The smallest absolute Gasteiger partial charge is 0.141 e. The fourth-order valence-corrected chi connectivity index (χ4v) is 2.15. The minimum absolute atomic E-state index is 0.183. The third-order valence-corrected chi connectivity index (χ3v) is 3.17. The average molecular weight is 276 g/mol. The first-order valence-corrected chi connectivity index (χ1v) is 6.71. The van der Waals surface area contributed by atoms with Crippen molar-refractivity contribution in [3.8, 4) is 0 Å². The van der Waals surface area contributed by atoms with Gasteiger partial charge in [0, 0.05) is 6.20 Å². The lowest BCUT2D eigenvalue weighted by atomic mass is 9.98. The number of rotatable bonds is 5. The summed E-state index contributed by atoms with van der Waals surface area (Å²) in [5, 5.41) is 3.35. The van der Waals surface area contributed by atoms with Crippen LogP contribution in [-0.2, 0) is 0 Å². The van der Waals surface area contributed by atoms with Gasteiger partial charge in [0.1, 0.15) is 11.6 Å². The highest BCUT2D eigenvalue weighted by molar-refractivity contribution is 5.33. The molecule has 2 nitrogen and oxygen atoms in total. The van der Waals surface area contributed by atoms with Crippen molar-refractivity contribution in [2.24, 2.45) is 0 Å². The second-order valence-electron chi connectivity index (χ2n) is 4.83. The van der Waals surface area contributed by atoms with Crippen molar-refractivity contribution in [2.45, 2.75) is 26.3 Å². The van der Waals surface area contributed by atoms with Gasteiger partial charge in [-0.05, 0) is 48.7 Å². The molecule has 0 aliphatic heterocycles. The van der Waals surface area contributed by atoms with Crippen LogP contribution in [0.4, 0.5) is 8.78 Å². The summed E-state index contributed by atoms with van der Waals surface area (Å²) in [5.41, 5.74) is 2.23. The fraction of sp³-hybridized carbons (Fsp3) is 0.312. The molecule has 1 unspecified atom stereocenters. The number of benzene rings is 1. The molecular weight excluding hydrogens is 258 g/mol. The van der Waals surface area contributed by atoms with Crippen LogP contribution in [0.2, 0.25) is 0 Å². The number of aryl methyl sites for hydroxylation is 1. The predicted octanol–water partition coefficient (Wildman–Crippen LogP) is 3.76. The molecule has 1 heterocycles. The number of pyridine rings is 1. The van der Waals surface area contributed by atoms with E-state index in [4.69, 9.17) is 0 Å². The van der Waals surface area contributed by atoms with Crippen molar-refractivity contribution >= 4 is 0 Å². The third kappa shape index (κ3) is 3.39. The van der Waals surface area contributed by atoms with Crippen molar-refractivity contribution in [3.05, 3.63) is 65.0 Å². The summed E-state index contributed by atoms with van der Waals surface area (Å²) in [6.45, 7) is 4.57. The van der Waals surface area contributed by atoms with Gasteiger partial charge in [-0.3, -0.25) is 4.98 Å². The van der Waals surface area contributed by atoms with Gasteiger partial charge in [-0.15, -0.1) is 0 Å². The van der Waals surface area contributed by atoms with Crippen molar-refractivity contribution in [2.75, 3.05) is 6.54 Å². The highest BCUT2D eigenvalue weighted by Gasteiger charge is 2.15. The molecule has 20 heavy (non-hydrogen) atoms. The second kappa shape index (κ2) is 6.57. The molecule has 0 aliphatic carbocycles. The molecule has 1 aromatic heterocycles. The zero-order valence-electron chi connectivity index (χ0n) is 11.7. The minimum atomic E-state index is -0.371. The molecule has 2 rings (SSSR count). The van der Waals surface area contributed by atoms with Gasteiger partial charge in [0.2, 0.25) is 0 Å². The summed E-state index contributed by atoms with van der Waals surface area (Å²) in [6.07, 6.45) is 3.77. The molecule has 0 saturated carbocycles. The Morgan fingerprint density at radius 2 is 1.95 bits per heavy atom.